The van der Waals surface area contributed by atoms with E-state index in [0.717, 1.165) is 43.8 Å². The third-order valence-electron chi connectivity index (χ3n) is 5.62. The molecule has 31 heavy (non-hydrogen) atoms. The predicted molar refractivity (Wildman–Crippen MR) is 127 cm³/mol. The smallest absolute Gasteiger partial charge is 0.224 e. The first-order valence-electron chi connectivity index (χ1n) is 10.7. The molecule has 0 bridgehead atoms. The Kier molecular flexibility index (Phi) is 8.80. The van der Waals surface area contributed by atoms with Gasteiger partial charge < -0.3 is 14.8 Å². The van der Waals surface area contributed by atoms with Crippen molar-refractivity contribution in [1.82, 2.24) is 4.90 Å². The number of benzene rings is 2. The van der Waals surface area contributed by atoms with E-state index in [1.807, 2.05) is 18.2 Å². The van der Waals surface area contributed by atoms with Crippen LogP contribution in [0.25, 0.3) is 6.08 Å². The second-order valence-corrected chi connectivity index (χ2v) is 8.28. The molecule has 6 heteroatoms. The van der Waals surface area contributed by atoms with Gasteiger partial charge in [0.05, 0.1) is 19.9 Å². The molecule has 0 aromatic heterocycles. The molecule has 5 nitrogen and oxygen atoms in total. The van der Waals surface area contributed by atoms with Gasteiger partial charge in [0.25, 0.3) is 0 Å². The summed E-state index contributed by atoms with van der Waals surface area (Å²) >= 11 is 6.04. The molecule has 0 aliphatic carbocycles. The number of rotatable bonds is 9. The highest BCUT2D eigenvalue weighted by Crippen LogP contribution is 2.28. The number of para-hydroxylation sites is 1. The number of carbonyl (C=O) groups is 1. The summed E-state index contributed by atoms with van der Waals surface area (Å²) < 4.78 is 10.7. The number of methoxy groups -OCH3 is 2. The molecule has 2 aromatic rings. The summed E-state index contributed by atoms with van der Waals surface area (Å²) in [7, 11) is 3.28. The molecule has 1 aliphatic rings. The lowest BCUT2D eigenvalue weighted by atomic mass is 9.93. The lowest BCUT2D eigenvalue weighted by Crippen LogP contribution is -2.35. The Balaban J connectivity index is 1.46. The molecule has 0 radical (unpaired) electrons. The van der Waals surface area contributed by atoms with Gasteiger partial charge in [-0.05, 0) is 56.0 Å². The first-order valence-corrected chi connectivity index (χ1v) is 11.1. The van der Waals surface area contributed by atoms with E-state index < -0.39 is 0 Å². The molecule has 1 unspecified atom stereocenters. The van der Waals surface area contributed by atoms with Crippen molar-refractivity contribution in [3.05, 3.63) is 59.1 Å². The second-order valence-electron chi connectivity index (χ2n) is 7.84. The lowest BCUT2D eigenvalue weighted by molar-refractivity contribution is -0.116. The van der Waals surface area contributed by atoms with Crippen molar-refractivity contribution in [3.63, 3.8) is 0 Å². The molecule has 166 valence electrons. The van der Waals surface area contributed by atoms with Crippen LogP contribution in [-0.4, -0.2) is 44.7 Å². The van der Waals surface area contributed by atoms with Crippen molar-refractivity contribution in [3.8, 4) is 11.5 Å². The molecular weight excluding hydrogens is 412 g/mol. The van der Waals surface area contributed by atoms with E-state index in [0.29, 0.717) is 28.8 Å². The number of hydrogen-bond donors (Lipinski definition) is 1. The number of piperidine rings is 1. The Morgan fingerprint density at radius 2 is 2.00 bits per heavy atom. The highest BCUT2D eigenvalue weighted by atomic mass is 35.5. The third-order valence-corrected chi connectivity index (χ3v) is 5.85. The molecule has 2 aromatic carbocycles. The maximum Gasteiger partial charge on any atom is 0.224 e. The van der Waals surface area contributed by atoms with Gasteiger partial charge >= 0.3 is 0 Å². The van der Waals surface area contributed by atoms with Crippen molar-refractivity contribution in [2.24, 2.45) is 5.92 Å². The zero-order chi connectivity index (χ0) is 22.1. The van der Waals surface area contributed by atoms with Crippen LogP contribution in [0.3, 0.4) is 0 Å². The zero-order valence-electron chi connectivity index (χ0n) is 18.3. The minimum Gasteiger partial charge on any atom is -0.496 e. The highest BCUT2D eigenvalue weighted by Gasteiger charge is 2.20. The van der Waals surface area contributed by atoms with Gasteiger partial charge in [0.1, 0.15) is 11.5 Å². The van der Waals surface area contributed by atoms with Crippen LogP contribution in [0.1, 0.15) is 31.2 Å². The number of halogens is 1. The van der Waals surface area contributed by atoms with Crippen molar-refractivity contribution in [1.29, 1.82) is 0 Å². The monoisotopic (exact) mass is 442 g/mol. The van der Waals surface area contributed by atoms with Gasteiger partial charge in [-0.1, -0.05) is 42.0 Å². The molecule has 3 rings (SSSR count). The van der Waals surface area contributed by atoms with E-state index in [9.17, 15) is 4.79 Å². The van der Waals surface area contributed by atoms with Gasteiger partial charge in [-0.3, -0.25) is 9.69 Å². The van der Waals surface area contributed by atoms with Gasteiger partial charge in [0, 0.05) is 30.1 Å². The molecule has 1 aliphatic heterocycles. The average Bonchev–Trinajstić information content (AvgIpc) is 2.78. The first kappa shape index (κ1) is 23.2. The summed E-state index contributed by atoms with van der Waals surface area (Å²) in [6.45, 7) is 3.02. The van der Waals surface area contributed by atoms with E-state index in [-0.39, 0.29) is 5.91 Å². The number of ether oxygens (including phenoxy) is 2. The van der Waals surface area contributed by atoms with Crippen LogP contribution >= 0.6 is 11.6 Å². The van der Waals surface area contributed by atoms with Gasteiger partial charge in [-0.2, -0.15) is 0 Å². The average molecular weight is 443 g/mol. The Hall–Kier alpha value is -2.50. The van der Waals surface area contributed by atoms with Crippen LogP contribution in [0, 0.1) is 5.92 Å². The molecule has 1 heterocycles. The maximum atomic E-state index is 12.5. The van der Waals surface area contributed by atoms with Gasteiger partial charge in [-0.25, -0.2) is 0 Å². The molecule has 1 fully saturated rings. The molecule has 1 saturated heterocycles. The zero-order valence-corrected chi connectivity index (χ0v) is 19.0. The lowest BCUT2D eigenvalue weighted by Gasteiger charge is -2.32. The predicted octanol–water partition coefficient (Wildman–Crippen LogP) is 5.50. The molecule has 0 saturated carbocycles. The Morgan fingerprint density at radius 3 is 2.81 bits per heavy atom. The van der Waals surface area contributed by atoms with E-state index >= 15 is 0 Å². The van der Waals surface area contributed by atoms with E-state index in [2.05, 4.69) is 28.4 Å². The van der Waals surface area contributed by atoms with Crippen LogP contribution < -0.4 is 14.8 Å². The normalized spacial score (nSPS) is 16.9. The van der Waals surface area contributed by atoms with Crippen molar-refractivity contribution in [2.45, 2.75) is 25.7 Å². The number of carbonyl (C=O) groups excluding carboxylic acids is 1. The van der Waals surface area contributed by atoms with E-state index in [1.54, 1.807) is 32.4 Å². The van der Waals surface area contributed by atoms with Gasteiger partial charge in [0.15, 0.2) is 0 Å². The quantitative estimate of drug-likeness (QED) is 0.557. The van der Waals surface area contributed by atoms with Crippen LogP contribution in [0.15, 0.2) is 48.5 Å². The minimum absolute atomic E-state index is 0.00578. The van der Waals surface area contributed by atoms with Gasteiger partial charge in [-0.15, -0.1) is 0 Å². The molecule has 1 amide bonds. The standard InChI is InChI=1S/C25H31ClN2O3/c1-30-23-10-4-3-8-20(23)9-6-16-28-15-5-7-19(18-28)11-14-25(29)27-22-17-21(26)12-13-24(22)31-2/h3-4,6,8-10,12-13,17,19H,5,7,11,14-16,18H2,1-2H3,(H,27,29)/b9-6+. The summed E-state index contributed by atoms with van der Waals surface area (Å²) in [5.74, 6) is 2.02. The Bertz CT molecular complexity index is 900. The number of anilines is 1. The highest BCUT2D eigenvalue weighted by molar-refractivity contribution is 6.31. The van der Waals surface area contributed by atoms with Crippen LogP contribution in [0.4, 0.5) is 5.69 Å². The fourth-order valence-corrected chi connectivity index (χ4v) is 4.18. The molecule has 1 atom stereocenters. The molecule has 1 N–H and O–H groups in total. The van der Waals surface area contributed by atoms with Crippen molar-refractivity contribution < 1.29 is 14.3 Å². The second kappa shape index (κ2) is 11.8. The summed E-state index contributed by atoms with van der Waals surface area (Å²) in [6.07, 6.45) is 8.01. The SMILES string of the molecule is COc1ccccc1/C=C/CN1CCCC(CCC(=O)Nc2cc(Cl)ccc2OC)C1. The van der Waals surface area contributed by atoms with E-state index in [1.165, 1.54) is 6.42 Å². The summed E-state index contributed by atoms with van der Waals surface area (Å²) in [5.41, 5.74) is 1.71. The largest absolute Gasteiger partial charge is 0.496 e. The molecule has 0 spiro atoms. The topological polar surface area (TPSA) is 50.8 Å². The number of hydrogen-bond acceptors (Lipinski definition) is 4. The number of nitrogens with zero attached hydrogens (tertiary/aromatic N) is 1. The third kappa shape index (κ3) is 7.01. The van der Waals surface area contributed by atoms with Crippen LogP contribution in [-0.2, 0) is 4.79 Å². The Morgan fingerprint density at radius 1 is 1.19 bits per heavy atom. The van der Waals surface area contributed by atoms with Gasteiger partial charge in [0.2, 0.25) is 5.91 Å². The summed E-state index contributed by atoms with van der Waals surface area (Å²) in [5, 5.41) is 3.50. The summed E-state index contributed by atoms with van der Waals surface area (Å²) in [6, 6.07) is 13.2. The first-order chi connectivity index (χ1) is 15.1. The minimum atomic E-state index is -0.00578. The van der Waals surface area contributed by atoms with E-state index in [4.69, 9.17) is 21.1 Å². The fourth-order valence-electron chi connectivity index (χ4n) is 4.01. The number of amides is 1. The van der Waals surface area contributed by atoms with Crippen molar-refractivity contribution in [2.75, 3.05) is 39.2 Å². The van der Waals surface area contributed by atoms with Crippen LogP contribution in [0.5, 0.6) is 11.5 Å². The molecular formula is C25H31ClN2O3. The Labute approximate surface area is 190 Å². The van der Waals surface area contributed by atoms with Crippen LogP contribution in [0.2, 0.25) is 5.02 Å². The number of likely N-dealkylation sites (tertiary alicyclic amines) is 1. The maximum absolute atomic E-state index is 12.5. The summed E-state index contributed by atoms with van der Waals surface area (Å²) in [4.78, 5) is 14.9. The number of nitrogens with one attached hydrogen (secondary N) is 1. The van der Waals surface area contributed by atoms with Crippen molar-refractivity contribution >= 4 is 29.3 Å². The fraction of sp³-hybridized carbons (Fsp3) is 0.400.